The number of nitrogens with zero attached hydrogens (tertiary/aromatic N) is 2. The molecule has 9 heteroatoms. The second-order valence-electron chi connectivity index (χ2n) is 7.19. The van der Waals surface area contributed by atoms with Gasteiger partial charge in [0.1, 0.15) is 5.57 Å². The summed E-state index contributed by atoms with van der Waals surface area (Å²) < 4.78 is 2.98. The van der Waals surface area contributed by atoms with Gasteiger partial charge in [0, 0.05) is 21.5 Å². The largest absolute Gasteiger partial charge is 0.335 e. The highest BCUT2D eigenvalue weighted by atomic mass is 79.9. The normalized spacial score (nSPS) is 15.5. The molecule has 1 fully saturated rings. The molecule has 2 aromatic carbocycles. The molecule has 1 aromatic heterocycles. The Balaban J connectivity index is 1.76. The first kappa shape index (κ1) is 22.3. The van der Waals surface area contributed by atoms with Crippen LogP contribution in [0.25, 0.3) is 11.8 Å². The van der Waals surface area contributed by atoms with Crippen molar-refractivity contribution in [3.8, 4) is 5.69 Å². The van der Waals surface area contributed by atoms with Gasteiger partial charge < -0.3 is 4.57 Å². The molecular weight excluding hydrogens is 517 g/mol. The first-order chi connectivity index (χ1) is 15.2. The number of rotatable bonds is 3. The second kappa shape index (κ2) is 8.58. The SMILES string of the molecule is Cc1cc(/C=C2\C(=O)NC(=O)N(c3ccc(Cl)c(Cl)c3)C2=O)c(C)n1-c1ccc(Br)cc1. The van der Waals surface area contributed by atoms with Gasteiger partial charge in [-0.15, -0.1) is 0 Å². The third-order valence-electron chi connectivity index (χ3n) is 5.12. The van der Waals surface area contributed by atoms with Crippen molar-refractivity contribution in [2.45, 2.75) is 13.8 Å². The zero-order valence-corrected chi connectivity index (χ0v) is 20.0. The third-order valence-corrected chi connectivity index (χ3v) is 6.39. The fourth-order valence-corrected chi connectivity index (χ4v) is 4.15. The van der Waals surface area contributed by atoms with Crippen molar-refractivity contribution in [2.75, 3.05) is 4.90 Å². The van der Waals surface area contributed by atoms with Crippen molar-refractivity contribution in [3.05, 3.63) is 85.6 Å². The smallest absolute Gasteiger partial charge is 0.318 e. The molecule has 32 heavy (non-hydrogen) atoms. The summed E-state index contributed by atoms with van der Waals surface area (Å²) in [6.07, 6.45) is 1.49. The second-order valence-corrected chi connectivity index (χ2v) is 8.92. The maximum absolute atomic E-state index is 13.1. The van der Waals surface area contributed by atoms with Gasteiger partial charge in [0.2, 0.25) is 0 Å². The van der Waals surface area contributed by atoms with Crippen LogP contribution in [0.4, 0.5) is 10.5 Å². The average molecular weight is 533 g/mol. The fraction of sp³-hybridized carbons (Fsp3) is 0.0870. The van der Waals surface area contributed by atoms with E-state index in [0.29, 0.717) is 5.56 Å². The van der Waals surface area contributed by atoms with Gasteiger partial charge in [-0.1, -0.05) is 39.1 Å². The van der Waals surface area contributed by atoms with Crippen molar-refractivity contribution < 1.29 is 14.4 Å². The van der Waals surface area contributed by atoms with E-state index in [2.05, 4.69) is 21.2 Å². The van der Waals surface area contributed by atoms with Crippen molar-refractivity contribution in [3.63, 3.8) is 0 Å². The number of barbiturate groups is 1. The van der Waals surface area contributed by atoms with Gasteiger partial charge in [-0.2, -0.15) is 0 Å². The van der Waals surface area contributed by atoms with Crippen molar-refractivity contribution in [1.82, 2.24) is 9.88 Å². The lowest BCUT2D eigenvalue weighted by atomic mass is 10.1. The van der Waals surface area contributed by atoms with Crippen LogP contribution in [0, 0.1) is 13.8 Å². The summed E-state index contributed by atoms with van der Waals surface area (Å²) in [4.78, 5) is 38.9. The van der Waals surface area contributed by atoms with Crippen LogP contribution in [0.2, 0.25) is 10.0 Å². The lowest BCUT2D eigenvalue weighted by Crippen LogP contribution is -2.54. The van der Waals surface area contributed by atoms with E-state index in [1.807, 2.05) is 48.7 Å². The minimum absolute atomic E-state index is 0.160. The molecule has 4 amide bonds. The predicted octanol–water partition coefficient (Wildman–Crippen LogP) is 5.83. The van der Waals surface area contributed by atoms with E-state index >= 15 is 0 Å². The summed E-state index contributed by atoms with van der Waals surface area (Å²) >= 11 is 15.4. The molecule has 162 valence electrons. The zero-order chi connectivity index (χ0) is 23.2. The monoisotopic (exact) mass is 531 g/mol. The number of imide groups is 2. The number of carbonyl (C=O) groups is 3. The molecule has 1 aliphatic rings. The van der Waals surface area contributed by atoms with E-state index in [-0.39, 0.29) is 21.3 Å². The molecule has 0 radical (unpaired) electrons. The number of anilines is 1. The van der Waals surface area contributed by atoms with Crippen LogP contribution in [0.15, 0.2) is 58.6 Å². The molecule has 6 nitrogen and oxygen atoms in total. The predicted molar refractivity (Wildman–Crippen MR) is 128 cm³/mol. The Bertz CT molecular complexity index is 1310. The summed E-state index contributed by atoms with van der Waals surface area (Å²) in [6, 6.07) is 13.2. The maximum atomic E-state index is 13.1. The minimum Gasteiger partial charge on any atom is -0.318 e. The van der Waals surface area contributed by atoms with Crippen molar-refractivity contribution in [1.29, 1.82) is 0 Å². The van der Waals surface area contributed by atoms with Gasteiger partial charge in [-0.05, 0) is 74.0 Å². The summed E-state index contributed by atoms with van der Waals surface area (Å²) in [6.45, 7) is 3.83. The molecule has 0 unspecified atom stereocenters. The molecule has 0 saturated carbocycles. The van der Waals surface area contributed by atoms with E-state index in [0.717, 1.165) is 26.4 Å². The number of benzene rings is 2. The van der Waals surface area contributed by atoms with Gasteiger partial charge in [-0.3, -0.25) is 14.9 Å². The van der Waals surface area contributed by atoms with Crippen molar-refractivity contribution in [2.24, 2.45) is 0 Å². The molecule has 0 atom stereocenters. The van der Waals surface area contributed by atoms with Gasteiger partial charge in [0.15, 0.2) is 0 Å². The molecule has 3 aromatic rings. The molecule has 0 bridgehead atoms. The Morgan fingerprint density at radius 1 is 0.906 bits per heavy atom. The Morgan fingerprint density at radius 3 is 2.22 bits per heavy atom. The Morgan fingerprint density at radius 2 is 1.56 bits per heavy atom. The number of carbonyl (C=O) groups excluding carboxylic acids is 3. The molecule has 0 aliphatic carbocycles. The number of halogens is 3. The van der Waals surface area contributed by atoms with Crippen LogP contribution in [-0.2, 0) is 9.59 Å². The first-order valence-electron chi connectivity index (χ1n) is 9.49. The number of aryl methyl sites for hydroxylation is 1. The van der Waals surface area contributed by atoms with Crippen LogP contribution in [0.5, 0.6) is 0 Å². The van der Waals surface area contributed by atoms with Gasteiger partial charge in [0.25, 0.3) is 11.8 Å². The number of hydrogen-bond acceptors (Lipinski definition) is 3. The van der Waals surface area contributed by atoms with Crippen molar-refractivity contribution >= 4 is 68.7 Å². The molecule has 2 heterocycles. The Kier molecular flexibility index (Phi) is 5.99. The summed E-state index contributed by atoms with van der Waals surface area (Å²) in [7, 11) is 0. The molecule has 4 rings (SSSR count). The molecule has 1 N–H and O–H groups in total. The third kappa shape index (κ3) is 3.99. The Labute approximate surface area is 202 Å². The first-order valence-corrected chi connectivity index (χ1v) is 11.0. The number of hydrogen-bond donors (Lipinski definition) is 1. The standard InChI is InChI=1S/C23H16BrCl2N3O3/c1-12-9-14(13(2)28(12)16-5-3-15(24)4-6-16)10-18-21(30)27-23(32)29(22(18)31)17-7-8-19(25)20(26)11-17/h3-11H,1-2H3,(H,27,30,32)/b18-10+. The van der Waals surface area contributed by atoms with Gasteiger partial charge in [0.05, 0.1) is 15.7 Å². The van der Waals surface area contributed by atoms with Gasteiger partial charge >= 0.3 is 6.03 Å². The van der Waals surface area contributed by atoms with E-state index in [1.165, 1.54) is 24.3 Å². The maximum Gasteiger partial charge on any atom is 0.335 e. The molecular formula is C23H16BrCl2N3O3. The lowest BCUT2D eigenvalue weighted by molar-refractivity contribution is -0.122. The minimum atomic E-state index is -0.851. The summed E-state index contributed by atoms with van der Waals surface area (Å²) in [5.74, 6) is -1.50. The number of nitrogens with one attached hydrogen (secondary N) is 1. The number of amides is 4. The van der Waals surface area contributed by atoms with Crippen LogP contribution >= 0.6 is 39.1 Å². The van der Waals surface area contributed by atoms with E-state index in [1.54, 1.807) is 0 Å². The fourth-order valence-electron chi connectivity index (χ4n) is 3.59. The zero-order valence-electron chi connectivity index (χ0n) is 16.9. The Hall–Kier alpha value is -2.87. The lowest BCUT2D eigenvalue weighted by Gasteiger charge is -2.26. The number of aromatic nitrogens is 1. The number of urea groups is 1. The summed E-state index contributed by atoms with van der Waals surface area (Å²) in [5.41, 5.74) is 3.45. The van der Waals surface area contributed by atoms with E-state index < -0.39 is 17.8 Å². The quantitative estimate of drug-likeness (QED) is 0.341. The average Bonchev–Trinajstić information content (AvgIpc) is 3.01. The van der Waals surface area contributed by atoms with Gasteiger partial charge in [-0.25, -0.2) is 9.69 Å². The molecule has 1 saturated heterocycles. The van der Waals surface area contributed by atoms with Crippen LogP contribution < -0.4 is 10.2 Å². The van der Waals surface area contributed by atoms with Crippen LogP contribution in [-0.4, -0.2) is 22.4 Å². The van der Waals surface area contributed by atoms with Crippen LogP contribution in [0.1, 0.15) is 17.0 Å². The molecule has 0 spiro atoms. The summed E-state index contributed by atoms with van der Waals surface area (Å²) in [5, 5.41) is 2.68. The highest BCUT2D eigenvalue weighted by Gasteiger charge is 2.37. The van der Waals surface area contributed by atoms with E-state index in [9.17, 15) is 14.4 Å². The topological polar surface area (TPSA) is 71.4 Å². The van der Waals surface area contributed by atoms with Crippen LogP contribution in [0.3, 0.4) is 0 Å². The van der Waals surface area contributed by atoms with E-state index in [4.69, 9.17) is 23.2 Å². The molecule has 1 aliphatic heterocycles. The highest BCUT2D eigenvalue weighted by Crippen LogP contribution is 2.30. The highest BCUT2D eigenvalue weighted by molar-refractivity contribution is 9.10.